The maximum Gasteiger partial charge on any atom is 0.128 e. The minimum atomic E-state index is 0.747. The Kier molecular flexibility index (Phi) is 2.30. The Balaban J connectivity index is 2.62. The largest absolute Gasteiger partial charge is 0.363 e. The number of benzene rings is 1. The summed E-state index contributed by atoms with van der Waals surface area (Å²) in [7, 11) is 3.95. The Morgan fingerprint density at radius 3 is 2.64 bits per heavy atom. The highest BCUT2D eigenvalue weighted by Gasteiger charge is 1.99. The molecule has 0 unspecified atom stereocenters. The van der Waals surface area contributed by atoms with Crippen LogP contribution in [-0.4, -0.2) is 19.1 Å². The number of halogens is 1. The number of pyridine rings is 1. The maximum absolute atomic E-state index is 5.88. The first-order valence-electron chi connectivity index (χ1n) is 4.39. The number of hydrogen-bond donors (Lipinski definition) is 0. The molecule has 0 amide bonds. The molecule has 0 bridgehead atoms. The van der Waals surface area contributed by atoms with Gasteiger partial charge in [0.05, 0.1) is 0 Å². The highest BCUT2D eigenvalue weighted by atomic mass is 35.5. The van der Waals surface area contributed by atoms with E-state index >= 15 is 0 Å². The van der Waals surface area contributed by atoms with Gasteiger partial charge >= 0.3 is 0 Å². The molecule has 0 atom stereocenters. The van der Waals surface area contributed by atoms with Crippen molar-refractivity contribution < 1.29 is 0 Å². The van der Waals surface area contributed by atoms with E-state index in [1.165, 1.54) is 0 Å². The van der Waals surface area contributed by atoms with Crippen molar-refractivity contribution in [3.63, 3.8) is 0 Å². The molecule has 2 aromatic rings. The van der Waals surface area contributed by atoms with Gasteiger partial charge in [-0.15, -0.1) is 0 Å². The molecule has 0 radical (unpaired) electrons. The molecule has 0 fully saturated rings. The van der Waals surface area contributed by atoms with Crippen molar-refractivity contribution in [1.29, 1.82) is 0 Å². The van der Waals surface area contributed by atoms with Crippen LogP contribution in [0.25, 0.3) is 10.8 Å². The first-order valence-corrected chi connectivity index (χ1v) is 4.77. The van der Waals surface area contributed by atoms with Crippen LogP contribution in [0.5, 0.6) is 0 Å². The number of hydrogen-bond acceptors (Lipinski definition) is 2. The van der Waals surface area contributed by atoms with Gasteiger partial charge in [-0.2, -0.15) is 0 Å². The van der Waals surface area contributed by atoms with E-state index in [9.17, 15) is 0 Å². The second-order valence-corrected chi connectivity index (χ2v) is 3.86. The van der Waals surface area contributed by atoms with Gasteiger partial charge in [-0.05, 0) is 23.6 Å². The third-order valence-electron chi connectivity index (χ3n) is 2.13. The van der Waals surface area contributed by atoms with Gasteiger partial charge in [0.15, 0.2) is 0 Å². The summed E-state index contributed by atoms with van der Waals surface area (Å²) in [5, 5.41) is 2.98. The molecule has 0 aliphatic heterocycles. The molecule has 2 rings (SSSR count). The summed E-state index contributed by atoms with van der Waals surface area (Å²) in [6.45, 7) is 0. The normalized spacial score (nSPS) is 10.5. The minimum Gasteiger partial charge on any atom is -0.363 e. The summed E-state index contributed by atoms with van der Waals surface area (Å²) >= 11 is 5.88. The maximum atomic E-state index is 5.88. The van der Waals surface area contributed by atoms with Crippen LogP contribution in [0.2, 0.25) is 5.02 Å². The van der Waals surface area contributed by atoms with E-state index in [0.717, 1.165) is 21.6 Å². The highest BCUT2D eigenvalue weighted by Crippen LogP contribution is 2.21. The van der Waals surface area contributed by atoms with Crippen LogP contribution in [0.15, 0.2) is 30.5 Å². The fourth-order valence-electron chi connectivity index (χ4n) is 1.35. The van der Waals surface area contributed by atoms with E-state index in [0.29, 0.717) is 0 Å². The molecule has 2 nitrogen and oxygen atoms in total. The quantitative estimate of drug-likeness (QED) is 0.713. The van der Waals surface area contributed by atoms with Crippen LogP contribution in [0.1, 0.15) is 0 Å². The van der Waals surface area contributed by atoms with Gasteiger partial charge < -0.3 is 4.90 Å². The Hall–Kier alpha value is -1.28. The molecular weight excluding hydrogens is 196 g/mol. The first kappa shape index (κ1) is 9.28. The van der Waals surface area contributed by atoms with Gasteiger partial charge in [0.1, 0.15) is 5.82 Å². The van der Waals surface area contributed by atoms with E-state index < -0.39 is 0 Å². The summed E-state index contributed by atoms with van der Waals surface area (Å²) in [6, 6.07) is 7.87. The van der Waals surface area contributed by atoms with E-state index in [-0.39, 0.29) is 0 Å². The lowest BCUT2D eigenvalue weighted by atomic mass is 10.2. The monoisotopic (exact) mass is 206 g/mol. The van der Waals surface area contributed by atoms with Crippen molar-refractivity contribution in [1.82, 2.24) is 4.98 Å². The third-order valence-corrected chi connectivity index (χ3v) is 2.36. The molecule has 0 aliphatic rings. The smallest absolute Gasteiger partial charge is 0.128 e. The van der Waals surface area contributed by atoms with E-state index in [1.807, 2.05) is 49.5 Å². The molecule has 14 heavy (non-hydrogen) atoms. The summed E-state index contributed by atoms with van der Waals surface area (Å²) in [5.41, 5.74) is 0. The van der Waals surface area contributed by atoms with Crippen molar-refractivity contribution in [2.75, 3.05) is 19.0 Å². The third kappa shape index (κ3) is 1.66. The zero-order valence-electron chi connectivity index (χ0n) is 8.16. The second-order valence-electron chi connectivity index (χ2n) is 3.43. The van der Waals surface area contributed by atoms with Crippen molar-refractivity contribution in [3.05, 3.63) is 35.5 Å². The van der Waals surface area contributed by atoms with Crippen LogP contribution >= 0.6 is 11.6 Å². The molecule has 1 heterocycles. The molecule has 3 heteroatoms. The molecule has 1 aromatic carbocycles. The van der Waals surface area contributed by atoms with Gasteiger partial charge in [-0.1, -0.05) is 17.7 Å². The zero-order valence-corrected chi connectivity index (χ0v) is 8.92. The van der Waals surface area contributed by atoms with Crippen LogP contribution in [-0.2, 0) is 0 Å². The molecule has 0 saturated carbocycles. The summed E-state index contributed by atoms with van der Waals surface area (Å²) in [5.74, 6) is 0.958. The van der Waals surface area contributed by atoms with Crippen molar-refractivity contribution in [3.8, 4) is 0 Å². The van der Waals surface area contributed by atoms with Gasteiger partial charge in [0.25, 0.3) is 0 Å². The summed E-state index contributed by atoms with van der Waals surface area (Å²) < 4.78 is 0. The lowest BCUT2D eigenvalue weighted by Crippen LogP contribution is -2.09. The first-order chi connectivity index (χ1) is 6.66. The number of aromatic nitrogens is 1. The molecular formula is C11H11ClN2. The lowest BCUT2D eigenvalue weighted by molar-refractivity contribution is 1.07. The SMILES string of the molecule is CN(C)c1cc2ccc(Cl)cc2cn1. The summed E-state index contributed by atoms with van der Waals surface area (Å²) in [6.07, 6.45) is 1.84. The molecule has 0 N–H and O–H groups in total. The fraction of sp³-hybridized carbons (Fsp3) is 0.182. The molecule has 1 aromatic heterocycles. The molecule has 0 spiro atoms. The Bertz CT molecular complexity index is 466. The minimum absolute atomic E-state index is 0.747. The van der Waals surface area contributed by atoms with E-state index in [2.05, 4.69) is 4.98 Å². The highest BCUT2D eigenvalue weighted by molar-refractivity contribution is 6.31. The second kappa shape index (κ2) is 3.46. The van der Waals surface area contributed by atoms with Gasteiger partial charge in [-0.25, -0.2) is 4.98 Å². The van der Waals surface area contributed by atoms with Gasteiger partial charge in [0, 0.05) is 30.7 Å². The molecule has 0 saturated heterocycles. The average molecular weight is 207 g/mol. The number of rotatable bonds is 1. The van der Waals surface area contributed by atoms with Crippen LogP contribution in [0, 0.1) is 0 Å². The Labute approximate surface area is 88.1 Å². The summed E-state index contributed by atoms with van der Waals surface area (Å²) in [4.78, 5) is 6.29. The van der Waals surface area contributed by atoms with Gasteiger partial charge in [-0.3, -0.25) is 0 Å². The Morgan fingerprint density at radius 2 is 1.93 bits per heavy atom. The van der Waals surface area contributed by atoms with Crippen molar-refractivity contribution in [2.24, 2.45) is 0 Å². The predicted octanol–water partition coefficient (Wildman–Crippen LogP) is 2.95. The van der Waals surface area contributed by atoms with Crippen LogP contribution in [0.4, 0.5) is 5.82 Å². The molecule has 72 valence electrons. The van der Waals surface area contributed by atoms with Crippen LogP contribution in [0.3, 0.4) is 0 Å². The zero-order chi connectivity index (χ0) is 10.1. The standard InChI is InChI=1S/C11H11ClN2/c1-14(2)11-6-8-3-4-10(12)5-9(8)7-13-11/h3-7H,1-2H3. The van der Waals surface area contributed by atoms with Gasteiger partial charge in [0.2, 0.25) is 0 Å². The van der Waals surface area contributed by atoms with Crippen molar-refractivity contribution in [2.45, 2.75) is 0 Å². The predicted molar refractivity (Wildman–Crippen MR) is 61.1 cm³/mol. The lowest BCUT2D eigenvalue weighted by Gasteiger charge is -2.11. The Morgan fingerprint density at radius 1 is 1.14 bits per heavy atom. The number of anilines is 1. The van der Waals surface area contributed by atoms with E-state index in [4.69, 9.17) is 11.6 Å². The van der Waals surface area contributed by atoms with Crippen molar-refractivity contribution >= 4 is 28.2 Å². The fourth-order valence-corrected chi connectivity index (χ4v) is 1.53. The molecule has 0 aliphatic carbocycles. The topological polar surface area (TPSA) is 16.1 Å². The number of fused-ring (bicyclic) bond motifs is 1. The van der Waals surface area contributed by atoms with E-state index in [1.54, 1.807) is 0 Å². The van der Waals surface area contributed by atoms with Crippen LogP contribution < -0.4 is 4.90 Å². The average Bonchev–Trinajstić information content (AvgIpc) is 2.16. The number of nitrogens with zero attached hydrogens (tertiary/aromatic N) is 2.